The van der Waals surface area contributed by atoms with E-state index in [1.807, 2.05) is 135 Å². The second-order valence-corrected chi connectivity index (χ2v) is 21.2. The number of carbonyl (C=O) groups is 4. The number of nitrogens with one attached hydrogen (secondary N) is 5. The summed E-state index contributed by atoms with van der Waals surface area (Å²) in [6.07, 6.45) is 0.0520. The van der Waals surface area contributed by atoms with Crippen LogP contribution in [0.2, 0.25) is 0 Å². The van der Waals surface area contributed by atoms with E-state index in [0.717, 1.165) is 47.7 Å². The summed E-state index contributed by atoms with van der Waals surface area (Å²) in [4.78, 5) is 62.7. The van der Waals surface area contributed by atoms with E-state index in [9.17, 15) is 27.6 Å². The first-order valence-electron chi connectivity index (χ1n) is 22.8. The molecule has 0 fully saturated rings. The van der Waals surface area contributed by atoms with E-state index in [0.29, 0.717) is 30.6 Å². The zero-order chi connectivity index (χ0) is 52.5. The fraction of sp³-hybridized carbons (Fsp3) is 0.192. The van der Waals surface area contributed by atoms with Crippen molar-refractivity contribution in [2.75, 3.05) is 24.7 Å². The number of nitrogens with zero attached hydrogens (tertiary/aromatic N) is 2. The largest absolute Gasteiger partial charge is 0.453 e. The van der Waals surface area contributed by atoms with Gasteiger partial charge in [0.1, 0.15) is 22.1 Å². The number of nitrogen functional groups attached to an aromatic ring is 1. The van der Waals surface area contributed by atoms with Crippen LogP contribution in [0.4, 0.5) is 21.0 Å². The number of rotatable bonds is 20. The van der Waals surface area contributed by atoms with Crippen molar-refractivity contribution in [2.45, 2.75) is 49.9 Å². The number of methoxy groups -OCH3 is 2. The highest BCUT2D eigenvalue weighted by Crippen LogP contribution is 2.32. The molecule has 8 N–H and O–H groups in total. The second kappa shape index (κ2) is 26.5. The van der Waals surface area contributed by atoms with Crippen molar-refractivity contribution in [1.29, 1.82) is 0 Å². The Bertz CT molecular complexity index is 3160. The van der Waals surface area contributed by atoms with Crippen molar-refractivity contribution >= 4 is 91.0 Å². The fourth-order valence-electron chi connectivity index (χ4n) is 7.43. The van der Waals surface area contributed by atoms with Gasteiger partial charge in [-0.3, -0.25) is 18.9 Å². The van der Waals surface area contributed by atoms with Crippen molar-refractivity contribution in [1.82, 2.24) is 31.2 Å². The maximum Gasteiger partial charge on any atom is 0.407 e. The average Bonchev–Trinajstić information content (AvgIpc) is 4.26. The van der Waals surface area contributed by atoms with Gasteiger partial charge in [-0.05, 0) is 82.3 Å². The van der Waals surface area contributed by atoms with Crippen molar-refractivity contribution in [2.24, 2.45) is 0 Å². The third-order valence-electron chi connectivity index (χ3n) is 11.1. The smallest absolute Gasteiger partial charge is 0.407 e. The van der Waals surface area contributed by atoms with E-state index >= 15 is 0 Å². The van der Waals surface area contributed by atoms with Crippen LogP contribution in [0.1, 0.15) is 45.7 Å². The SMILES string of the molecule is COC(=O)N[C@H](Cc1ccccc1)C(=O)N[C@@H](Cc1ccc(N)cc1)c1csc(-c2cccs2)n1.COC(=O)N[C@H](Cc1ccccc1)C(=O)N[C@@H](Cc1ccc(NS(=O)(=O)O)cc1)c1csc(-c2cccs2)n1. The number of alkyl carbamates (subject to hydrolysis) is 2. The third kappa shape index (κ3) is 16.5. The molecule has 0 saturated heterocycles. The molecule has 4 heterocycles. The lowest BCUT2D eigenvalue weighted by Gasteiger charge is -2.23. The highest BCUT2D eigenvalue weighted by molar-refractivity contribution is 7.87. The number of hydrogen-bond donors (Lipinski definition) is 7. The molecule has 8 rings (SSSR count). The van der Waals surface area contributed by atoms with Crippen LogP contribution in [0.25, 0.3) is 19.8 Å². The summed E-state index contributed by atoms with van der Waals surface area (Å²) in [5, 5.41) is 21.0. The predicted octanol–water partition coefficient (Wildman–Crippen LogP) is 9.27. The minimum Gasteiger partial charge on any atom is -0.453 e. The van der Waals surface area contributed by atoms with Crippen LogP contribution in [-0.2, 0) is 55.1 Å². The van der Waals surface area contributed by atoms with E-state index in [-0.39, 0.29) is 18.0 Å². The Morgan fingerprint density at radius 1 is 0.541 bits per heavy atom. The molecule has 4 aromatic heterocycles. The molecule has 17 nitrogen and oxygen atoms in total. The summed E-state index contributed by atoms with van der Waals surface area (Å²) in [5.74, 6) is -0.727. The number of hydrogen-bond acceptors (Lipinski definition) is 15. The molecule has 0 aliphatic carbocycles. The minimum atomic E-state index is -4.40. The number of benzene rings is 4. The summed E-state index contributed by atoms with van der Waals surface area (Å²) in [7, 11) is -1.89. The van der Waals surface area contributed by atoms with Crippen LogP contribution in [0.5, 0.6) is 0 Å². The highest BCUT2D eigenvalue weighted by Gasteiger charge is 2.28. The summed E-state index contributed by atoms with van der Waals surface area (Å²) in [6, 6.07) is 38.0. The van der Waals surface area contributed by atoms with Gasteiger partial charge in [0.05, 0.1) is 53.1 Å². The number of nitrogens with two attached hydrogens (primary N) is 1. The molecule has 384 valence electrons. The van der Waals surface area contributed by atoms with Gasteiger partial charge in [-0.25, -0.2) is 19.6 Å². The Kier molecular flexibility index (Phi) is 19.4. The monoisotopic (exact) mass is 1090 g/mol. The normalized spacial score (nSPS) is 12.6. The number of aromatic nitrogens is 2. The average molecular weight is 1090 g/mol. The maximum absolute atomic E-state index is 13.5. The lowest BCUT2D eigenvalue weighted by atomic mass is 10.0. The van der Waals surface area contributed by atoms with E-state index in [1.165, 1.54) is 49.0 Å². The summed E-state index contributed by atoms with van der Waals surface area (Å²) in [6.45, 7) is 0. The molecule has 4 atom stereocenters. The predicted molar refractivity (Wildman–Crippen MR) is 291 cm³/mol. The van der Waals surface area contributed by atoms with Crippen LogP contribution >= 0.6 is 45.3 Å². The minimum absolute atomic E-state index is 0.195. The number of amides is 4. The zero-order valence-electron chi connectivity index (χ0n) is 39.9. The van der Waals surface area contributed by atoms with Gasteiger partial charge < -0.3 is 36.5 Å². The molecule has 0 saturated carbocycles. The Labute approximate surface area is 444 Å². The van der Waals surface area contributed by atoms with E-state index < -0.39 is 52.6 Å². The summed E-state index contributed by atoms with van der Waals surface area (Å²) in [5.41, 5.74) is 11.7. The van der Waals surface area contributed by atoms with Crippen molar-refractivity contribution < 1.29 is 41.6 Å². The number of carbonyl (C=O) groups excluding carboxylic acids is 4. The number of thiazole rings is 2. The zero-order valence-corrected chi connectivity index (χ0v) is 44.0. The topological polar surface area (TPSA) is 253 Å². The van der Waals surface area contributed by atoms with Crippen molar-refractivity contribution in [3.63, 3.8) is 0 Å². The van der Waals surface area contributed by atoms with Gasteiger partial charge in [-0.1, -0.05) is 97.1 Å². The Morgan fingerprint density at radius 3 is 1.32 bits per heavy atom. The summed E-state index contributed by atoms with van der Waals surface area (Å²) < 4.78 is 42.7. The highest BCUT2D eigenvalue weighted by atomic mass is 32.2. The lowest BCUT2D eigenvalue weighted by molar-refractivity contribution is -0.124. The van der Waals surface area contributed by atoms with Crippen LogP contribution in [-0.4, -0.2) is 73.2 Å². The van der Waals surface area contributed by atoms with Gasteiger partial charge in [-0.2, -0.15) is 8.42 Å². The van der Waals surface area contributed by atoms with Crippen LogP contribution in [0, 0.1) is 0 Å². The molecule has 0 unspecified atom stereocenters. The lowest BCUT2D eigenvalue weighted by Crippen LogP contribution is -2.49. The van der Waals surface area contributed by atoms with Crippen molar-refractivity contribution in [3.05, 3.63) is 189 Å². The molecule has 0 radical (unpaired) electrons. The van der Waals surface area contributed by atoms with Gasteiger partial charge in [0.25, 0.3) is 0 Å². The molecule has 4 aromatic carbocycles. The molecule has 22 heteroatoms. The maximum atomic E-state index is 13.5. The first kappa shape index (κ1) is 54.3. The Morgan fingerprint density at radius 2 is 0.946 bits per heavy atom. The second-order valence-electron chi connectivity index (χ2n) is 16.4. The first-order valence-corrected chi connectivity index (χ1v) is 27.7. The molecular formula is C52H52N8O9S5. The molecule has 8 aromatic rings. The first-order chi connectivity index (χ1) is 35.7. The molecule has 0 aliphatic rings. The molecule has 0 spiro atoms. The molecule has 0 bridgehead atoms. The number of ether oxygens (including phenoxy) is 2. The Balaban J connectivity index is 0.000000217. The molecule has 74 heavy (non-hydrogen) atoms. The Hall–Kier alpha value is -7.47. The van der Waals surface area contributed by atoms with Gasteiger partial charge in [0.15, 0.2) is 0 Å². The van der Waals surface area contributed by atoms with E-state index in [4.69, 9.17) is 29.7 Å². The number of anilines is 2. The van der Waals surface area contributed by atoms with Gasteiger partial charge in [0.2, 0.25) is 11.8 Å². The summed E-state index contributed by atoms with van der Waals surface area (Å²) >= 11 is 6.18. The van der Waals surface area contributed by atoms with Crippen LogP contribution < -0.4 is 31.7 Å². The van der Waals surface area contributed by atoms with Gasteiger partial charge >= 0.3 is 22.5 Å². The standard InChI is InChI=1S/C26H26N4O6S3.C26H26N4O3S2/c1-36-26(32)29-21(15-17-6-3-2-4-7-17)24(31)27-20(22-16-38-25(28-22)23-8-5-13-37-23)14-18-9-11-19(12-10-18)30-39(33,34)35;1-33-26(32)30-21(15-17-6-3-2-4-7-17)24(31)28-20(14-18-9-11-19(27)12-10-18)22-16-35-25(29-22)23-8-5-13-34-23/h2-13,16,20-21,30H,14-15H2,1H3,(H,27,31)(H,29,32)(H,33,34,35);2-13,16,20-21H,14-15,27H2,1H3,(H,28,31)(H,30,32)/t2*20-,21+/m00/s1. The fourth-order valence-corrected chi connectivity index (χ4v) is 11.2. The van der Waals surface area contributed by atoms with Gasteiger partial charge in [0, 0.05) is 29.3 Å². The van der Waals surface area contributed by atoms with Crippen LogP contribution in [0.15, 0.2) is 155 Å². The van der Waals surface area contributed by atoms with E-state index in [1.54, 1.807) is 34.8 Å². The van der Waals surface area contributed by atoms with E-state index in [2.05, 4.69) is 21.3 Å². The molecule has 4 amide bonds. The van der Waals surface area contributed by atoms with Gasteiger partial charge in [-0.15, -0.1) is 45.3 Å². The quantitative estimate of drug-likeness (QED) is 0.0279. The number of thiophene rings is 2. The van der Waals surface area contributed by atoms with Crippen LogP contribution in [0.3, 0.4) is 0 Å². The third-order valence-corrected chi connectivity index (χ3v) is 15.4. The van der Waals surface area contributed by atoms with Crippen molar-refractivity contribution in [3.8, 4) is 19.8 Å². The molecule has 0 aliphatic heterocycles. The molecular weight excluding hydrogens is 1040 g/mol.